The zero-order chi connectivity index (χ0) is 12.5. The molecule has 94 valence electrons. The van der Waals surface area contributed by atoms with Crippen LogP contribution in [0.25, 0.3) is 0 Å². The highest BCUT2D eigenvalue weighted by Crippen LogP contribution is 2.34. The Hall–Kier alpha value is -1.26. The van der Waals surface area contributed by atoms with E-state index in [9.17, 15) is 0 Å². The lowest BCUT2D eigenvalue weighted by Crippen LogP contribution is -2.12. The molecule has 2 unspecified atom stereocenters. The summed E-state index contributed by atoms with van der Waals surface area (Å²) in [5.74, 6) is 0.518. The molecule has 2 aromatic rings. The van der Waals surface area contributed by atoms with Crippen LogP contribution in [0.1, 0.15) is 46.4 Å². The quantitative estimate of drug-likeness (QED) is 0.902. The number of rotatable bonds is 2. The average molecular weight is 259 g/mol. The van der Waals surface area contributed by atoms with Crippen LogP contribution < -0.4 is 5.73 Å². The van der Waals surface area contributed by atoms with Crippen molar-refractivity contribution in [3.05, 3.63) is 45.4 Å². The highest BCUT2D eigenvalue weighted by atomic mass is 32.1. The molecule has 3 rings (SSSR count). The van der Waals surface area contributed by atoms with Gasteiger partial charge in [0.25, 0.3) is 0 Å². The third-order valence-electron chi connectivity index (χ3n) is 3.54. The number of hydrogen-bond acceptors (Lipinski definition) is 4. The van der Waals surface area contributed by atoms with Crippen LogP contribution in [0, 0.1) is 0 Å². The fraction of sp³-hybridized carbons (Fsp3) is 0.429. The van der Waals surface area contributed by atoms with Gasteiger partial charge in [-0.25, -0.2) is 0 Å². The van der Waals surface area contributed by atoms with Crippen LogP contribution in [-0.2, 0) is 12.8 Å². The Labute approximate surface area is 111 Å². The predicted molar refractivity (Wildman–Crippen MR) is 73.7 cm³/mol. The van der Waals surface area contributed by atoms with E-state index in [0.29, 0.717) is 5.92 Å². The van der Waals surface area contributed by atoms with Crippen molar-refractivity contribution in [2.75, 3.05) is 0 Å². The molecular formula is C14H17N3S. The molecule has 0 spiro atoms. The maximum absolute atomic E-state index is 5.84. The van der Waals surface area contributed by atoms with E-state index in [4.69, 9.17) is 5.73 Å². The Morgan fingerprint density at radius 1 is 1.28 bits per heavy atom. The predicted octanol–water partition coefficient (Wildman–Crippen LogP) is 2.83. The van der Waals surface area contributed by atoms with Gasteiger partial charge in [-0.3, -0.25) is 0 Å². The van der Waals surface area contributed by atoms with Gasteiger partial charge in [0, 0.05) is 5.92 Å². The molecule has 0 bridgehead atoms. The minimum absolute atomic E-state index is 0.00729. The van der Waals surface area contributed by atoms with E-state index in [2.05, 4.69) is 34.5 Å². The molecule has 1 aromatic heterocycles. The lowest BCUT2D eigenvalue weighted by molar-refractivity contribution is 0.576. The van der Waals surface area contributed by atoms with Crippen molar-refractivity contribution in [3.63, 3.8) is 0 Å². The Bertz CT molecular complexity index is 547. The molecule has 0 saturated heterocycles. The summed E-state index contributed by atoms with van der Waals surface area (Å²) in [4.78, 5) is 0. The van der Waals surface area contributed by atoms with Gasteiger partial charge in [-0.15, -0.1) is 10.2 Å². The molecule has 0 saturated carbocycles. The fourth-order valence-corrected chi connectivity index (χ4v) is 3.44. The SMILES string of the molecule is CC(N)c1nnc(C2CCc3ccccc3C2)s1. The third kappa shape index (κ3) is 2.18. The average Bonchev–Trinajstić information content (AvgIpc) is 2.88. The zero-order valence-corrected chi connectivity index (χ0v) is 11.3. The van der Waals surface area contributed by atoms with Gasteiger partial charge in [-0.05, 0) is 37.3 Å². The van der Waals surface area contributed by atoms with Crippen LogP contribution in [-0.4, -0.2) is 10.2 Å². The third-order valence-corrected chi connectivity index (χ3v) is 4.83. The number of aryl methyl sites for hydroxylation is 1. The van der Waals surface area contributed by atoms with Gasteiger partial charge < -0.3 is 5.73 Å². The van der Waals surface area contributed by atoms with Gasteiger partial charge >= 0.3 is 0 Å². The lowest BCUT2D eigenvalue weighted by atomic mass is 9.84. The Morgan fingerprint density at radius 2 is 2.06 bits per heavy atom. The van der Waals surface area contributed by atoms with Crippen LogP contribution >= 0.6 is 11.3 Å². The Balaban J connectivity index is 1.83. The van der Waals surface area contributed by atoms with E-state index in [-0.39, 0.29) is 6.04 Å². The van der Waals surface area contributed by atoms with Crippen LogP contribution in [0.4, 0.5) is 0 Å². The summed E-state index contributed by atoms with van der Waals surface area (Å²) in [6.45, 7) is 1.96. The maximum atomic E-state index is 5.84. The molecule has 0 radical (unpaired) electrons. The summed E-state index contributed by atoms with van der Waals surface area (Å²) in [5, 5.41) is 10.6. The minimum atomic E-state index is -0.00729. The van der Waals surface area contributed by atoms with Gasteiger partial charge in [-0.2, -0.15) is 0 Å². The summed E-state index contributed by atoms with van der Waals surface area (Å²) < 4.78 is 0. The molecule has 4 heteroatoms. The van der Waals surface area contributed by atoms with E-state index in [1.807, 2.05) is 6.92 Å². The molecule has 0 amide bonds. The van der Waals surface area contributed by atoms with Crippen LogP contribution in [0.2, 0.25) is 0 Å². The summed E-state index contributed by atoms with van der Waals surface area (Å²) in [6.07, 6.45) is 3.41. The second-order valence-electron chi connectivity index (χ2n) is 4.98. The largest absolute Gasteiger partial charge is 0.322 e. The first-order chi connectivity index (χ1) is 8.74. The first kappa shape index (κ1) is 11.8. The molecule has 1 aliphatic carbocycles. The Morgan fingerprint density at radius 3 is 2.78 bits per heavy atom. The Kier molecular flexibility index (Phi) is 3.14. The summed E-state index contributed by atoms with van der Waals surface area (Å²) >= 11 is 1.67. The van der Waals surface area contributed by atoms with Crippen molar-refractivity contribution >= 4 is 11.3 Å². The molecule has 1 aliphatic rings. The van der Waals surface area contributed by atoms with Crippen LogP contribution in [0.3, 0.4) is 0 Å². The number of fused-ring (bicyclic) bond motifs is 1. The zero-order valence-electron chi connectivity index (χ0n) is 10.5. The van der Waals surface area contributed by atoms with Gasteiger partial charge in [0.15, 0.2) is 0 Å². The molecule has 18 heavy (non-hydrogen) atoms. The fourth-order valence-electron chi connectivity index (χ4n) is 2.50. The van der Waals surface area contributed by atoms with Crippen molar-refractivity contribution in [1.82, 2.24) is 10.2 Å². The summed E-state index contributed by atoms with van der Waals surface area (Å²) in [6, 6.07) is 8.70. The number of nitrogens with zero attached hydrogens (tertiary/aromatic N) is 2. The number of nitrogens with two attached hydrogens (primary N) is 1. The molecular weight excluding hydrogens is 242 g/mol. The molecule has 0 fully saturated rings. The first-order valence-electron chi connectivity index (χ1n) is 6.39. The first-order valence-corrected chi connectivity index (χ1v) is 7.21. The number of aromatic nitrogens is 2. The highest BCUT2D eigenvalue weighted by Gasteiger charge is 2.23. The van der Waals surface area contributed by atoms with Crippen molar-refractivity contribution < 1.29 is 0 Å². The lowest BCUT2D eigenvalue weighted by Gasteiger charge is -2.22. The smallest absolute Gasteiger partial charge is 0.133 e. The molecule has 1 aromatic carbocycles. The van der Waals surface area contributed by atoms with E-state index in [0.717, 1.165) is 22.9 Å². The molecule has 2 N–H and O–H groups in total. The van der Waals surface area contributed by atoms with Gasteiger partial charge in [-0.1, -0.05) is 35.6 Å². The molecule has 0 aliphatic heterocycles. The van der Waals surface area contributed by atoms with E-state index >= 15 is 0 Å². The number of benzene rings is 1. The monoisotopic (exact) mass is 259 g/mol. The standard InChI is InChI=1S/C14H17N3S/c1-9(15)13-16-17-14(18-13)12-7-6-10-4-2-3-5-11(10)8-12/h2-5,9,12H,6-8,15H2,1H3. The maximum Gasteiger partial charge on any atom is 0.133 e. The van der Waals surface area contributed by atoms with Crippen molar-refractivity contribution in [2.24, 2.45) is 5.73 Å². The minimum Gasteiger partial charge on any atom is -0.322 e. The van der Waals surface area contributed by atoms with Gasteiger partial charge in [0.2, 0.25) is 0 Å². The van der Waals surface area contributed by atoms with Gasteiger partial charge in [0.05, 0.1) is 6.04 Å². The second kappa shape index (κ2) is 4.78. The van der Waals surface area contributed by atoms with Crippen LogP contribution in [0.15, 0.2) is 24.3 Å². The topological polar surface area (TPSA) is 51.8 Å². The van der Waals surface area contributed by atoms with E-state index in [1.165, 1.54) is 17.5 Å². The van der Waals surface area contributed by atoms with E-state index < -0.39 is 0 Å². The molecule has 2 atom stereocenters. The van der Waals surface area contributed by atoms with Gasteiger partial charge in [0.1, 0.15) is 10.0 Å². The number of hydrogen-bond donors (Lipinski definition) is 1. The van der Waals surface area contributed by atoms with Crippen molar-refractivity contribution in [3.8, 4) is 0 Å². The molecule has 1 heterocycles. The van der Waals surface area contributed by atoms with Crippen LogP contribution in [0.5, 0.6) is 0 Å². The van der Waals surface area contributed by atoms with E-state index in [1.54, 1.807) is 11.3 Å². The normalized spacial score (nSPS) is 20.4. The summed E-state index contributed by atoms with van der Waals surface area (Å²) in [5.41, 5.74) is 8.80. The highest BCUT2D eigenvalue weighted by molar-refractivity contribution is 7.11. The molecule has 3 nitrogen and oxygen atoms in total. The second-order valence-corrected chi connectivity index (χ2v) is 6.02. The van der Waals surface area contributed by atoms with Crippen molar-refractivity contribution in [1.29, 1.82) is 0 Å². The van der Waals surface area contributed by atoms with Crippen molar-refractivity contribution in [2.45, 2.75) is 38.1 Å². The summed E-state index contributed by atoms with van der Waals surface area (Å²) in [7, 11) is 0.